The Hall–Kier alpha value is -0.600. The number of benzene rings is 1. The van der Waals surface area contributed by atoms with Crippen molar-refractivity contribution in [2.45, 2.75) is 31.1 Å². The highest BCUT2D eigenvalue weighted by molar-refractivity contribution is 14.0. The van der Waals surface area contributed by atoms with Gasteiger partial charge in [-0.05, 0) is 43.4 Å². The molecule has 1 aliphatic carbocycles. The minimum Gasteiger partial charge on any atom is -0.377 e. The molecule has 0 radical (unpaired) electrons. The van der Waals surface area contributed by atoms with Gasteiger partial charge in [0.2, 0.25) is 0 Å². The molecule has 6 heteroatoms. The van der Waals surface area contributed by atoms with Crippen molar-refractivity contribution in [2.75, 3.05) is 33.4 Å². The van der Waals surface area contributed by atoms with Gasteiger partial charge in [-0.3, -0.25) is 4.99 Å². The lowest BCUT2D eigenvalue weighted by molar-refractivity contribution is 0.153. The van der Waals surface area contributed by atoms with E-state index in [4.69, 9.17) is 4.74 Å². The highest BCUT2D eigenvalue weighted by atomic mass is 127. The van der Waals surface area contributed by atoms with E-state index < -0.39 is 0 Å². The molecule has 0 saturated heterocycles. The average Bonchev–Trinajstić information content (AvgIpc) is 3.40. The number of rotatable bonds is 6. The van der Waals surface area contributed by atoms with E-state index in [1.165, 1.54) is 24.0 Å². The molecule has 0 bridgehead atoms. The van der Waals surface area contributed by atoms with Crippen LogP contribution < -0.4 is 10.6 Å². The molecule has 2 N–H and O–H groups in total. The SMILES string of the molecule is CN=C(NCCC1=CCOCC1)NCC1(c2cccc(Br)c2)CC1.I. The zero-order valence-corrected chi connectivity index (χ0v) is 18.6. The zero-order valence-electron chi connectivity index (χ0n) is 14.7. The second-order valence-electron chi connectivity index (χ2n) is 6.58. The van der Waals surface area contributed by atoms with Gasteiger partial charge in [0, 0.05) is 30.0 Å². The fraction of sp³-hybridized carbons (Fsp3) is 0.526. The summed E-state index contributed by atoms with van der Waals surface area (Å²) in [5, 5.41) is 6.94. The number of hydrogen-bond donors (Lipinski definition) is 2. The lowest BCUT2D eigenvalue weighted by atomic mass is 9.96. The molecule has 25 heavy (non-hydrogen) atoms. The smallest absolute Gasteiger partial charge is 0.191 e. The van der Waals surface area contributed by atoms with Gasteiger partial charge < -0.3 is 15.4 Å². The lowest BCUT2D eigenvalue weighted by Crippen LogP contribution is -2.41. The number of halogens is 2. The summed E-state index contributed by atoms with van der Waals surface area (Å²) in [5.41, 5.74) is 3.16. The van der Waals surface area contributed by atoms with Crippen LogP contribution in [-0.2, 0) is 10.2 Å². The van der Waals surface area contributed by atoms with E-state index in [9.17, 15) is 0 Å². The third-order valence-corrected chi connectivity index (χ3v) is 5.40. The standard InChI is InChI=1S/C19H26BrN3O.HI/c1-21-18(22-10-5-15-6-11-24-12-7-15)23-14-19(8-9-19)16-3-2-4-17(20)13-16;/h2-4,6,13H,5,7-12,14H2,1H3,(H2,21,22,23);1H. The first-order valence-electron chi connectivity index (χ1n) is 8.68. The van der Waals surface area contributed by atoms with E-state index in [-0.39, 0.29) is 29.4 Å². The molecule has 1 aromatic carbocycles. The van der Waals surface area contributed by atoms with Gasteiger partial charge >= 0.3 is 0 Å². The molecule has 138 valence electrons. The van der Waals surface area contributed by atoms with Gasteiger partial charge in [0.25, 0.3) is 0 Å². The molecule has 2 aliphatic rings. The van der Waals surface area contributed by atoms with E-state index in [1.807, 2.05) is 7.05 Å². The molecular formula is C19H27BrIN3O. The molecule has 1 heterocycles. The largest absolute Gasteiger partial charge is 0.377 e. The maximum Gasteiger partial charge on any atom is 0.191 e. The average molecular weight is 520 g/mol. The molecule has 1 aliphatic heterocycles. The number of hydrogen-bond acceptors (Lipinski definition) is 2. The summed E-state index contributed by atoms with van der Waals surface area (Å²) in [5.74, 6) is 0.893. The molecule has 3 rings (SSSR count). The van der Waals surface area contributed by atoms with Crippen molar-refractivity contribution in [1.29, 1.82) is 0 Å². The summed E-state index contributed by atoms with van der Waals surface area (Å²) in [4.78, 5) is 4.35. The van der Waals surface area contributed by atoms with E-state index in [0.29, 0.717) is 0 Å². The van der Waals surface area contributed by atoms with Gasteiger partial charge in [-0.25, -0.2) is 0 Å². The minimum atomic E-state index is 0. The van der Waals surface area contributed by atoms with E-state index >= 15 is 0 Å². The Labute approximate surface area is 176 Å². The normalized spacial score (nSPS) is 18.8. The van der Waals surface area contributed by atoms with Gasteiger partial charge in [0.15, 0.2) is 5.96 Å². The molecule has 0 atom stereocenters. The fourth-order valence-corrected chi connectivity index (χ4v) is 3.54. The summed E-state index contributed by atoms with van der Waals surface area (Å²) in [6.07, 6.45) is 6.79. The van der Waals surface area contributed by atoms with Gasteiger partial charge in [-0.15, -0.1) is 24.0 Å². The van der Waals surface area contributed by atoms with E-state index in [1.54, 1.807) is 0 Å². The second-order valence-corrected chi connectivity index (χ2v) is 7.50. The van der Waals surface area contributed by atoms with Crippen LogP contribution >= 0.6 is 39.9 Å². The van der Waals surface area contributed by atoms with Gasteiger partial charge in [-0.1, -0.05) is 39.7 Å². The van der Waals surface area contributed by atoms with Crippen LogP contribution in [0.3, 0.4) is 0 Å². The number of ether oxygens (including phenoxy) is 1. The second kappa shape index (κ2) is 9.92. The number of aliphatic imine (C=N–C) groups is 1. The quantitative estimate of drug-likeness (QED) is 0.258. The van der Waals surface area contributed by atoms with Crippen LogP contribution in [0.2, 0.25) is 0 Å². The number of nitrogens with zero attached hydrogens (tertiary/aromatic N) is 1. The summed E-state index contributed by atoms with van der Waals surface area (Å²) < 4.78 is 6.50. The van der Waals surface area contributed by atoms with Crippen LogP contribution in [-0.4, -0.2) is 39.3 Å². The first kappa shape index (κ1) is 20.7. The summed E-state index contributed by atoms with van der Waals surface area (Å²) in [7, 11) is 1.84. The van der Waals surface area contributed by atoms with Crippen LogP contribution in [0, 0.1) is 0 Å². The number of guanidine groups is 1. The fourth-order valence-electron chi connectivity index (χ4n) is 3.14. The van der Waals surface area contributed by atoms with Crippen LogP contribution in [0.15, 0.2) is 45.4 Å². The van der Waals surface area contributed by atoms with Crippen LogP contribution in [0.5, 0.6) is 0 Å². The van der Waals surface area contributed by atoms with Crippen molar-refractivity contribution >= 4 is 45.9 Å². The van der Waals surface area contributed by atoms with Crippen LogP contribution in [0.25, 0.3) is 0 Å². The predicted molar refractivity (Wildman–Crippen MR) is 118 cm³/mol. The number of nitrogens with one attached hydrogen (secondary N) is 2. The first-order chi connectivity index (χ1) is 11.7. The first-order valence-corrected chi connectivity index (χ1v) is 9.47. The van der Waals surface area contributed by atoms with Crippen molar-refractivity contribution < 1.29 is 4.74 Å². The monoisotopic (exact) mass is 519 g/mol. The molecule has 0 spiro atoms. The Balaban J connectivity index is 0.00000225. The summed E-state index contributed by atoms with van der Waals surface area (Å²) >= 11 is 3.58. The summed E-state index contributed by atoms with van der Waals surface area (Å²) in [6, 6.07) is 8.67. The molecule has 1 saturated carbocycles. The Morgan fingerprint density at radius 2 is 2.16 bits per heavy atom. The molecule has 1 aromatic rings. The lowest BCUT2D eigenvalue weighted by Gasteiger charge is -2.20. The molecule has 4 nitrogen and oxygen atoms in total. The molecule has 1 fully saturated rings. The van der Waals surface area contributed by atoms with Gasteiger partial charge in [0.05, 0.1) is 13.2 Å². The molecular weight excluding hydrogens is 493 g/mol. The van der Waals surface area contributed by atoms with Crippen LogP contribution in [0.4, 0.5) is 0 Å². The summed E-state index contributed by atoms with van der Waals surface area (Å²) in [6.45, 7) is 3.46. The van der Waals surface area contributed by atoms with Crippen molar-refractivity contribution in [1.82, 2.24) is 10.6 Å². The van der Waals surface area contributed by atoms with Crippen molar-refractivity contribution in [3.8, 4) is 0 Å². The Bertz CT molecular complexity index is 629. The Kier molecular flexibility index (Phi) is 8.22. The minimum absolute atomic E-state index is 0. The molecule has 0 amide bonds. The van der Waals surface area contributed by atoms with Crippen molar-refractivity contribution in [2.24, 2.45) is 4.99 Å². The Morgan fingerprint density at radius 1 is 1.32 bits per heavy atom. The maximum absolute atomic E-state index is 5.35. The van der Waals surface area contributed by atoms with E-state index in [0.717, 1.165) is 49.6 Å². The predicted octanol–water partition coefficient (Wildman–Crippen LogP) is 4.00. The zero-order chi connectivity index (χ0) is 16.8. The Morgan fingerprint density at radius 3 is 2.80 bits per heavy atom. The van der Waals surface area contributed by atoms with Crippen LogP contribution in [0.1, 0.15) is 31.2 Å². The third-order valence-electron chi connectivity index (χ3n) is 4.90. The van der Waals surface area contributed by atoms with Gasteiger partial charge in [0.1, 0.15) is 0 Å². The van der Waals surface area contributed by atoms with E-state index in [2.05, 4.69) is 61.9 Å². The van der Waals surface area contributed by atoms with Crippen molar-refractivity contribution in [3.05, 3.63) is 46.0 Å². The van der Waals surface area contributed by atoms with Gasteiger partial charge in [-0.2, -0.15) is 0 Å². The topological polar surface area (TPSA) is 45.7 Å². The highest BCUT2D eigenvalue weighted by Crippen LogP contribution is 2.48. The molecule has 0 aromatic heterocycles. The molecule has 0 unspecified atom stereocenters. The van der Waals surface area contributed by atoms with Crippen molar-refractivity contribution in [3.63, 3.8) is 0 Å². The highest BCUT2D eigenvalue weighted by Gasteiger charge is 2.44. The third kappa shape index (κ3) is 5.96. The maximum atomic E-state index is 5.35.